The number of para-hydroxylation sites is 3. The molecule has 0 saturated carbocycles. The lowest BCUT2D eigenvalue weighted by molar-refractivity contribution is 0.409. The van der Waals surface area contributed by atoms with E-state index in [1.165, 1.54) is 16.4 Å². The van der Waals surface area contributed by atoms with Gasteiger partial charge in [0, 0.05) is 17.1 Å². The van der Waals surface area contributed by atoms with Crippen LogP contribution in [0.3, 0.4) is 0 Å². The summed E-state index contributed by atoms with van der Waals surface area (Å²) < 4.78 is 33.8. The van der Waals surface area contributed by atoms with Crippen molar-refractivity contribution in [3.63, 3.8) is 0 Å². The summed E-state index contributed by atoms with van der Waals surface area (Å²) in [5.74, 6) is 1.53. The van der Waals surface area contributed by atoms with Crippen molar-refractivity contribution < 1.29 is 13.2 Å². The fraction of sp³-hybridized carbons (Fsp3) is 0.130. The number of methoxy groups -OCH3 is 1. The lowest BCUT2D eigenvalue weighted by Gasteiger charge is -2.21. The molecule has 0 bridgehead atoms. The van der Waals surface area contributed by atoms with Crippen molar-refractivity contribution in [1.29, 1.82) is 0 Å². The van der Waals surface area contributed by atoms with E-state index >= 15 is 0 Å². The molecular weight excluding hydrogens is 448 g/mol. The first-order chi connectivity index (χ1) is 15.5. The SMILES string of the molecule is COc1ccccc1CN1CN(S(=O)(=O)c2ccc(Cl)cc2)c2nc3ccccc3nc21. The first-order valence-corrected chi connectivity index (χ1v) is 11.7. The third kappa shape index (κ3) is 3.51. The maximum Gasteiger partial charge on any atom is 0.267 e. The van der Waals surface area contributed by atoms with Crippen LogP contribution in [0.15, 0.2) is 77.7 Å². The molecule has 4 aromatic rings. The quantitative estimate of drug-likeness (QED) is 0.432. The number of nitrogens with zero attached hydrogens (tertiary/aromatic N) is 4. The van der Waals surface area contributed by atoms with Crippen LogP contribution in [0.1, 0.15) is 5.56 Å². The number of fused-ring (bicyclic) bond motifs is 2. The zero-order chi connectivity index (χ0) is 22.3. The molecule has 32 heavy (non-hydrogen) atoms. The van der Waals surface area contributed by atoms with Crippen LogP contribution >= 0.6 is 11.6 Å². The molecule has 1 aromatic heterocycles. The Labute approximate surface area is 190 Å². The second kappa shape index (κ2) is 7.96. The van der Waals surface area contributed by atoms with Crippen molar-refractivity contribution in [3.8, 4) is 5.75 Å². The van der Waals surface area contributed by atoms with E-state index in [0.717, 1.165) is 11.3 Å². The average Bonchev–Trinajstić information content (AvgIpc) is 3.16. The molecule has 0 spiro atoms. The highest BCUT2D eigenvalue weighted by atomic mass is 35.5. The molecule has 2 heterocycles. The third-order valence-electron chi connectivity index (χ3n) is 5.32. The second-order valence-electron chi connectivity index (χ2n) is 7.32. The van der Waals surface area contributed by atoms with Crippen LogP contribution in [0.4, 0.5) is 11.6 Å². The molecule has 0 atom stereocenters. The van der Waals surface area contributed by atoms with Crippen LogP contribution in [0.2, 0.25) is 5.02 Å². The van der Waals surface area contributed by atoms with Gasteiger partial charge in [0.05, 0.1) is 23.0 Å². The van der Waals surface area contributed by atoms with E-state index in [-0.39, 0.29) is 11.6 Å². The number of halogens is 1. The number of hydrogen-bond donors (Lipinski definition) is 0. The molecule has 3 aromatic carbocycles. The Morgan fingerprint density at radius 3 is 2.22 bits per heavy atom. The minimum Gasteiger partial charge on any atom is -0.496 e. The lowest BCUT2D eigenvalue weighted by atomic mass is 10.2. The standard InChI is InChI=1S/C23H19ClN4O3S/c1-31-21-9-5-2-6-16(21)14-27-15-28(32(29,30)18-12-10-17(24)11-13-18)23-22(27)25-19-7-3-4-8-20(19)26-23/h2-13H,14-15H2,1H3. The number of anilines is 2. The smallest absolute Gasteiger partial charge is 0.267 e. The van der Waals surface area contributed by atoms with Crippen LogP contribution in [0.25, 0.3) is 11.0 Å². The molecule has 5 rings (SSSR count). The van der Waals surface area contributed by atoms with Gasteiger partial charge in [-0.1, -0.05) is 41.9 Å². The zero-order valence-electron chi connectivity index (χ0n) is 17.1. The molecule has 0 unspecified atom stereocenters. The average molecular weight is 467 g/mol. The van der Waals surface area contributed by atoms with Gasteiger partial charge in [0.15, 0.2) is 11.6 Å². The predicted molar refractivity (Wildman–Crippen MR) is 125 cm³/mol. The number of rotatable bonds is 5. The Kier molecular flexibility index (Phi) is 5.11. The summed E-state index contributed by atoms with van der Waals surface area (Å²) in [5.41, 5.74) is 2.24. The van der Waals surface area contributed by atoms with E-state index in [0.29, 0.717) is 34.2 Å². The van der Waals surface area contributed by atoms with Crippen molar-refractivity contribution in [1.82, 2.24) is 9.97 Å². The molecule has 162 valence electrons. The maximum absolute atomic E-state index is 13.5. The lowest BCUT2D eigenvalue weighted by Crippen LogP contribution is -2.35. The molecule has 9 heteroatoms. The van der Waals surface area contributed by atoms with Gasteiger partial charge in [0.1, 0.15) is 12.4 Å². The summed E-state index contributed by atoms with van der Waals surface area (Å²) in [4.78, 5) is 11.5. The largest absolute Gasteiger partial charge is 0.496 e. The second-order valence-corrected chi connectivity index (χ2v) is 9.62. The zero-order valence-corrected chi connectivity index (χ0v) is 18.7. The molecule has 0 fully saturated rings. The molecule has 0 amide bonds. The number of sulfonamides is 1. The summed E-state index contributed by atoms with van der Waals surface area (Å²) >= 11 is 5.96. The molecule has 0 N–H and O–H groups in total. The Morgan fingerprint density at radius 1 is 0.906 bits per heavy atom. The highest BCUT2D eigenvalue weighted by molar-refractivity contribution is 7.92. The first kappa shape index (κ1) is 20.5. The van der Waals surface area contributed by atoms with Crippen LogP contribution in [-0.2, 0) is 16.6 Å². The number of aromatic nitrogens is 2. The van der Waals surface area contributed by atoms with Gasteiger partial charge in [-0.25, -0.2) is 22.7 Å². The molecule has 1 aliphatic rings. The first-order valence-electron chi connectivity index (χ1n) is 9.89. The van der Waals surface area contributed by atoms with Crippen LogP contribution in [0.5, 0.6) is 5.75 Å². The van der Waals surface area contributed by atoms with E-state index in [1.54, 1.807) is 19.2 Å². The normalized spacial score (nSPS) is 13.4. The van der Waals surface area contributed by atoms with Gasteiger partial charge < -0.3 is 9.64 Å². The molecule has 1 aliphatic heterocycles. The van der Waals surface area contributed by atoms with Crippen molar-refractivity contribution in [2.75, 3.05) is 23.0 Å². The van der Waals surface area contributed by atoms with Crippen molar-refractivity contribution in [2.45, 2.75) is 11.4 Å². The van der Waals surface area contributed by atoms with Gasteiger partial charge in [0.2, 0.25) is 0 Å². The Balaban J connectivity index is 1.63. The fourth-order valence-electron chi connectivity index (χ4n) is 3.74. The molecular formula is C23H19ClN4O3S. The summed E-state index contributed by atoms with van der Waals surface area (Å²) in [6.45, 7) is 0.491. The maximum atomic E-state index is 13.5. The molecule has 0 saturated heterocycles. The number of benzene rings is 3. The van der Waals surface area contributed by atoms with Gasteiger partial charge in [-0.3, -0.25) is 0 Å². The van der Waals surface area contributed by atoms with E-state index < -0.39 is 10.0 Å². The summed E-state index contributed by atoms with van der Waals surface area (Å²) in [6, 6.07) is 21.2. The van der Waals surface area contributed by atoms with Crippen molar-refractivity contribution >= 4 is 44.3 Å². The minimum absolute atomic E-state index is 0.0780. The summed E-state index contributed by atoms with van der Waals surface area (Å²) in [5, 5.41) is 0.467. The van der Waals surface area contributed by atoms with Gasteiger partial charge in [-0.15, -0.1) is 0 Å². The third-order valence-corrected chi connectivity index (χ3v) is 7.31. The Hall–Kier alpha value is -3.36. The van der Waals surface area contributed by atoms with E-state index in [4.69, 9.17) is 21.3 Å². The van der Waals surface area contributed by atoms with E-state index in [9.17, 15) is 8.42 Å². The summed E-state index contributed by atoms with van der Waals surface area (Å²) in [6.07, 6.45) is 0. The monoisotopic (exact) mass is 466 g/mol. The number of ether oxygens (including phenoxy) is 1. The van der Waals surface area contributed by atoms with Crippen molar-refractivity contribution in [2.24, 2.45) is 0 Å². The van der Waals surface area contributed by atoms with Gasteiger partial charge in [-0.05, 0) is 42.5 Å². The van der Waals surface area contributed by atoms with E-state index in [2.05, 4.69) is 4.98 Å². The van der Waals surface area contributed by atoms with Crippen LogP contribution < -0.4 is 13.9 Å². The Bertz CT molecular complexity index is 1410. The molecule has 7 nitrogen and oxygen atoms in total. The minimum atomic E-state index is -3.88. The van der Waals surface area contributed by atoms with E-state index in [1.807, 2.05) is 53.4 Å². The van der Waals surface area contributed by atoms with Gasteiger partial charge in [-0.2, -0.15) is 0 Å². The highest BCUT2D eigenvalue weighted by Crippen LogP contribution is 2.39. The molecule has 0 radical (unpaired) electrons. The topological polar surface area (TPSA) is 75.6 Å². The number of hydrogen-bond acceptors (Lipinski definition) is 6. The van der Waals surface area contributed by atoms with Crippen LogP contribution in [0, 0.1) is 0 Å². The fourth-order valence-corrected chi connectivity index (χ4v) is 5.24. The Morgan fingerprint density at radius 2 is 1.53 bits per heavy atom. The summed E-state index contributed by atoms with van der Waals surface area (Å²) in [7, 11) is -2.27. The van der Waals surface area contributed by atoms with Gasteiger partial charge >= 0.3 is 0 Å². The van der Waals surface area contributed by atoms with Crippen molar-refractivity contribution in [3.05, 3.63) is 83.4 Å². The predicted octanol–water partition coefficient (Wildman–Crippen LogP) is 4.46. The molecule has 0 aliphatic carbocycles. The van der Waals surface area contributed by atoms with Gasteiger partial charge in [0.25, 0.3) is 10.0 Å². The highest BCUT2D eigenvalue weighted by Gasteiger charge is 2.38. The van der Waals surface area contributed by atoms with Crippen LogP contribution in [-0.4, -0.2) is 32.2 Å².